The minimum absolute atomic E-state index is 0.00701. The number of rotatable bonds is 8. The summed E-state index contributed by atoms with van der Waals surface area (Å²) in [6.45, 7) is 3.09. The van der Waals surface area contributed by atoms with Crippen LogP contribution in [0, 0.1) is 5.92 Å². The number of amides is 3. The van der Waals surface area contributed by atoms with Gasteiger partial charge in [0, 0.05) is 33.3 Å². The number of piperidine rings is 1. The molecule has 7 heteroatoms. The van der Waals surface area contributed by atoms with Crippen LogP contribution in [-0.2, 0) is 9.53 Å². The number of nitrogens with zero attached hydrogens (tertiary/aromatic N) is 1. The summed E-state index contributed by atoms with van der Waals surface area (Å²) in [4.78, 5) is 25.6. The first-order valence-electron chi connectivity index (χ1n) is 8.65. The van der Waals surface area contributed by atoms with Crippen molar-refractivity contribution in [1.29, 1.82) is 0 Å². The zero-order valence-electron chi connectivity index (χ0n) is 14.7. The highest BCUT2D eigenvalue weighted by molar-refractivity contribution is 5.77. The van der Waals surface area contributed by atoms with Crippen molar-refractivity contribution in [1.82, 2.24) is 15.5 Å². The predicted octanol–water partition coefficient (Wildman–Crippen LogP) is 1.25. The number of carbonyl (C=O) groups excluding carboxylic acids is 2. The van der Waals surface area contributed by atoms with E-state index in [1.807, 2.05) is 35.2 Å². The Morgan fingerprint density at radius 2 is 1.88 bits per heavy atom. The molecule has 1 aliphatic rings. The van der Waals surface area contributed by atoms with Gasteiger partial charge in [0.1, 0.15) is 5.75 Å². The SMILES string of the molecule is COCCNC(=O)NCC1CCN(C(=O)COc2ccccc2)CC1. The van der Waals surface area contributed by atoms with Crippen molar-refractivity contribution in [3.05, 3.63) is 30.3 Å². The van der Waals surface area contributed by atoms with Crippen molar-refractivity contribution in [2.75, 3.05) is 46.5 Å². The minimum atomic E-state index is -0.174. The fourth-order valence-electron chi connectivity index (χ4n) is 2.71. The molecule has 3 amide bonds. The Balaban J connectivity index is 1.60. The molecule has 0 atom stereocenters. The van der Waals surface area contributed by atoms with Gasteiger partial charge in [-0.25, -0.2) is 4.79 Å². The van der Waals surface area contributed by atoms with E-state index >= 15 is 0 Å². The van der Waals surface area contributed by atoms with E-state index in [1.165, 1.54) is 0 Å². The number of ether oxygens (including phenoxy) is 2. The van der Waals surface area contributed by atoms with Crippen LogP contribution >= 0.6 is 0 Å². The summed E-state index contributed by atoms with van der Waals surface area (Å²) in [6.07, 6.45) is 1.77. The van der Waals surface area contributed by atoms with Gasteiger partial charge in [-0.15, -0.1) is 0 Å². The fourth-order valence-corrected chi connectivity index (χ4v) is 2.71. The topological polar surface area (TPSA) is 79.9 Å². The largest absolute Gasteiger partial charge is 0.484 e. The molecule has 0 aliphatic carbocycles. The lowest BCUT2D eigenvalue weighted by Crippen LogP contribution is -2.45. The van der Waals surface area contributed by atoms with E-state index in [2.05, 4.69) is 10.6 Å². The van der Waals surface area contributed by atoms with Crippen LogP contribution in [0.3, 0.4) is 0 Å². The van der Waals surface area contributed by atoms with Gasteiger partial charge in [0.05, 0.1) is 6.61 Å². The normalized spacial score (nSPS) is 14.8. The van der Waals surface area contributed by atoms with Gasteiger partial charge in [0.2, 0.25) is 0 Å². The summed E-state index contributed by atoms with van der Waals surface area (Å²) in [6, 6.07) is 9.16. The van der Waals surface area contributed by atoms with E-state index in [1.54, 1.807) is 7.11 Å². The molecule has 2 N–H and O–H groups in total. The van der Waals surface area contributed by atoms with Crippen molar-refractivity contribution in [2.24, 2.45) is 5.92 Å². The Morgan fingerprint density at radius 3 is 2.56 bits per heavy atom. The summed E-state index contributed by atoms with van der Waals surface area (Å²) < 4.78 is 10.4. The standard InChI is InChI=1S/C18H27N3O4/c1-24-12-9-19-18(23)20-13-15-7-10-21(11-8-15)17(22)14-25-16-5-3-2-4-6-16/h2-6,15H,7-14H2,1H3,(H2,19,20,23). The molecule has 1 fully saturated rings. The Bertz CT molecular complexity index is 530. The number of para-hydroxylation sites is 1. The number of hydrogen-bond donors (Lipinski definition) is 2. The highest BCUT2D eigenvalue weighted by Crippen LogP contribution is 2.17. The van der Waals surface area contributed by atoms with Gasteiger partial charge >= 0.3 is 6.03 Å². The molecule has 25 heavy (non-hydrogen) atoms. The van der Waals surface area contributed by atoms with Crippen LogP contribution in [-0.4, -0.2) is 63.3 Å². The number of urea groups is 1. The van der Waals surface area contributed by atoms with Crippen LogP contribution < -0.4 is 15.4 Å². The van der Waals surface area contributed by atoms with Crippen LogP contribution in [0.25, 0.3) is 0 Å². The lowest BCUT2D eigenvalue weighted by molar-refractivity contribution is -0.134. The molecule has 2 rings (SSSR count). The van der Waals surface area contributed by atoms with Crippen molar-refractivity contribution in [3.63, 3.8) is 0 Å². The number of likely N-dealkylation sites (tertiary alicyclic amines) is 1. The Labute approximate surface area is 148 Å². The van der Waals surface area contributed by atoms with Gasteiger partial charge in [-0.05, 0) is 30.9 Å². The van der Waals surface area contributed by atoms with Crippen LogP contribution in [0.5, 0.6) is 5.75 Å². The van der Waals surface area contributed by atoms with Gasteiger partial charge in [0.25, 0.3) is 5.91 Å². The van der Waals surface area contributed by atoms with Crippen molar-refractivity contribution in [2.45, 2.75) is 12.8 Å². The molecule has 1 heterocycles. The first-order chi connectivity index (χ1) is 12.2. The molecule has 1 saturated heterocycles. The third-order valence-corrected chi connectivity index (χ3v) is 4.22. The van der Waals surface area contributed by atoms with Gasteiger partial charge in [-0.3, -0.25) is 4.79 Å². The monoisotopic (exact) mass is 349 g/mol. The van der Waals surface area contributed by atoms with Crippen LogP contribution in [0.2, 0.25) is 0 Å². The first kappa shape index (κ1) is 19.1. The molecule has 7 nitrogen and oxygen atoms in total. The van der Waals surface area contributed by atoms with Gasteiger partial charge in [-0.1, -0.05) is 18.2 Å². The predicted molar refractivity (Wildman–Crippen MR) is 94.5 cm³/mol. The molecule has 0 bridgehead atoms. The van der Waals surface area contributed by atoms with E-state index in [0.29, 0.717) is 44.5 Å². The molecule has 0 aromatic heterocycles. The second-order valence-electron chi connectivity index (χ2n) is 6.06. The second kappa shape index (κ2) is 10.6. The molecule has 138 valence electrons. The first-order valence-corrected chi connectivity index (χ1v) is 8.65. The van der Waals surface area contributed by atoms with E-state index in [0.717, 1.165) is 12.8 Å². The number of carbonyl (C=O) groups is 2. The average Bonchev–Trinajstić information content (AvgIpc) is 2.66. The fraction of sp³-hybridized carbons (Fsp3) is 0.556. The number of hydrogen-bond acceptors (Lipinski definition) is 4. The van der Waals surface area contributed by atoms with Crippen molar-refractivity contribution < 1.29 is 19.1 Å². The Kier molecular flexibility index (Phi) is 8.04. The highest BCUT2D eigenvalue weighted by Gasteiger charge is 2.23. The lowest BCUT2D eigenvalue weighted by Gasteiger charge is -2.32. The minimum Gasteiger partial charge on any atom is -0.484 e. The molecule has 1 aromatic rings. The molecule has 1 aromatic carbocycles. The van der Waals surface area contributed by atoms with Crippen molar-refractivity contribution >= 4 is 11.9 Å². The zero-order valence-corrected chi connectivity index (χ0v) is 14.7. The number of methoxy groups -OCH3 is 1. The molecule has 0 radical (unpaired) electrons. The molecule has 0 unspecified atom stereocenters. The van der Waals surface area contributed by atoms with Gasteiger partial charge in [-0.2, -0.15) is 0 Å². The maximum Gasteiger partial charge on any atom is 0.314 e. The van der Waals surface area contributed by atoms with Crippen LogP contribution in [0.1, 0.15) is 12.8 Å². The maximum absolute atomic E-state index is 12.2. The number of benzene rings is 1. The molecule has 1 aliphatic heterocycles. The average molecular weight is 349 g/mol. The molecular weight excluding hydrogens is 322 g/mol. The smallest absolute Gasteiger partial charge is 0.314 e. The summed E-state index contributed by atoms with van der Waals surface area (Å²) in [5, 5.41) is 5.59. The second-order valence-corrected chi connectivity index (χ2v) is 6.06. The highest BCUT2D eigenvalue weighted by atomic mass is 16.5. The third-order valence-electron chi connectivity index (χ3n) is 4.22. The quantitative estimate of drug-likeness (QED) is 0.692. The summed E-state index contributed by atoms with van der Waals surface area (Å²) in [7, 11) is 1.60. The lowest BCUT2D eigenvalue weighted by atomic mass is 9.97. The molecule has 0 saturated carbocycles. The third kappa shape index (κ3) is 7.01. The van der Waals surface area contributed by atoms with E-state index in [4.69, 9.17) is 9.47 Å². The Hall–Kier alpha value is -2.28. The van der Waals surface area contributed by atoms with Gasteiger partial charge < -0.3 is 25.0 Å². The zero-order chi connectivity index (χ0) is 17.9. The van der Waals surface area contributed by atoms with Gasteiger partial charge in [0.15, 0.2) is 6.61 Å². The van der Waals surface area contributed by atoms with E-state index in [-0.39, 0.29) is 18.5 Å². The summed E-state index contributed by atoms with van der Waals surface area (Å²) >= 11 is 0. The Morgan fingerprint density at radius 1 is 1.16 bits per heavy atom. The van der Waals surface area contributed by atoms with Crippen LogP contribution in [0.4, 0.5) is 4.79 Å². The van der Waals surface area contributed by atoms with E-state index in [9.17, 15) is 9.59 Å². The van der Waals surface area contributed by atoms with E-state index < -0.39 is 0 Å². The molecule has 0 spiro atoms. The van der Waals surface area contributed by atoms with Crippen molar-refractivity contribution in [3.8, 4) is 5.75 Å². The number of nitrogens with one attached hydrogen (secondary N) is 2. The molecular formula is C18H27N3O4. The summed E-state index contributed by atoms with van der Waals surface area (Å²) in [5.74, 6) is 1.11. The van der Waals surface area contributed by atoms with Crippen LogP contribution in [0.15, 0.2) is 30.3 Å². The summed E-state index contributed by atoms with van der Waals surface area (Å²) in [5.41, 5.74) is 0. The maximum atomic E-state index is 12.2.